The van der Waals surface area contributed by atoms with E-state index in [2.05, 4.69) is 15.2 Å². The summed E-state index contributed by atoms with van der Waals surface area (Å²) in [6, 6.07) is 9.74. The molecule has 0 saturated heterocycles. The van der Waals surface area contributed by atoms with Crippen molar-refractivity contribution in [2.45, 2.75) is 6.54 Å². The van der Waals surface area contributed by atoms with Gasteiger partial charge in [0.1, 0.15) is 11.9 Å². The molecule has 0 unspecified atom stereocenters. The van der Waals surface area contributed by atoms with Crippen molar-refractivity contribution in [1.82, 2.24) is 10.2 Å². The fourth-order valence-electron chi connectivity index (χ4n) is 3.14. The number of hydrogen-bond acceptors (Lipinski definition) is 6. The van der Waals surface area contributed by atoms with Crippen molar-refractivity contribution < 1.29 is 4.39 Å². The van der Waals surface area contributed by atoms with E-state index in [0.717, 1.165) is 0 Å². The van der Waals surface area contributed by atoms with Crippen molar-refractivity contribution in [3.63, 3.8) is 0 Å². The average molecular weight is 411 g/mol. The van der Waals surface area contributed by atoms with Gasteiger partial charge in [0, 0.05) is 36.3 Å². The van der Waals surface area contributed by atoms with Gasteiger partial charge in [0.2, 0.25) is 0 Å². The number of benzene rings is 2. The maximum Gasteiger partial charge on any atom is 0.275 e. The Morgan fingerprint density at radius 2 is 2.21 bits per heavy atom. The molecule has 1 heterocycles. The molecule has 0 bridgehead atoms. The molecule has 146 valence electrons. The Morgan fingerprint density at radius 1 is 1.45 bits per heavy atom. The minimum absolute atomic E-state index is 0.000552. The summed E-state index contributed by atoms with van der Waals surface area (Å²) in [4.78, 5) is 16.3. The maximum absolute atomic E-state index is 14.8. The quantitative estimate of drug-likeness (QED) is 0.568. The van der Waals surface area contributed by atoms with Gasteiger partial charge in [-0.3, -0.25) is 9.79 Å². The minimum atomic E-state index is -0.753. The molecule has 0 saturated carbocycles. The minimum Gasteiger partial charge on any atom is -0.404 e. The van der Waals surface area contributed by atoms with Gasteiger partial charge < -0.3 is 11.5 Å². The van der Waals surface area contributed by atoms with Gasteiger partial charge in [-0.2, -0.15) is 10.4 Å². The molecular weight excluding hydrogens is 395 g/mol. The van der Waals surface area contributed by atoms with Crippen LogP contribution in [-0.4, -0.2) is 23.0 Å². The first-order chi connectivity index (χ1) is 14.0. The van der Waals surface area contributed by atoms with Crippen LogP contribution in [0.25, 0.3) is 16.3 Å². The van der Waals surface area contributed by atoms with E-state index < -0.39 is 11.4 Å². The van der Waals surface area contributed by atoms with Crippen molar-refractivity contribution in [2.24, 2.45) is 16.5 Å². The highest BCUT2D eigenvalue weighted by molar-refractivity contribution is 6.36. The first-order valence-corrected chi connectivity index (χ1v) is 8.83. The molecule has 1 aromatic heterocycles. The highest BCUT2D eigenvalue weighted by Gasteiger charge is 2.20. The molecule has 3 aromatic rings. The summed E-state index contributed by atoms with van der Waals surface area (Å²) in [5.74, 6) is -0.753. The number of rotatable bonds is 4. The number of aromatic nitrogens is 2. The summed E-state index contributed by atoms with van der Waals surface area (Å²) in [5.41, 5.74) is 12.9. The number of H-pyrrole nitrogens is 1. The van der Waals surface area contributed by atoms with Crippen LogP contribution in [0.1, 0.15) is 22.4 Å². The molecule has 5 N–H and O–H groups in total. The van der Waals surface area contributed by atoms with E-state index in [-0.39, 0.29) is 27.9 Å². The molecule has 0 aliphatic carbocycles. The van der Waals surface area contributed by atoms with Crippen LogP contribution in [0.15, 0.2) is 46.3 Å². The van der Waals surface area contributed by atoms with Crippen molar-refractivity contribution in [1.29, 1.82) is 5.26 Å². The predicted molar refractivity (Wildman–Crippen MR) is 111 cm³/mol. The predicted octanol–water partition coefficient (Wildman–Crippen LogP) is 2.46. The summed E-state index contributed by atoms with van der Waals surface area (Å²) in [6.45, 7) is -0.000552. The number of allylic oxidation sites excluding steroid dienone is 1. The van der Waals surface area contributed by atoms with E-state index in [9.17, 15) is 14.4 Å². The van der Waals surface area contributed by atoms with E-state index in [1.165, 1.54) is 19.3 Å². The number of nitrogens with zero attached hydrogens (tertiary/aromatic N) is 3. The topological polar surface area (TPSA) is 134 Å². The standard InChI is InChI=1S/C20H16ClFN6O/c1-26-19(11-3-2-4-15(21)14(11)8-24)13(7-23)10-5-12-17(9-25)27-28-20(29)18(12)16(22)6-10/h2-7H,9,23,25H2,1H3,(H,28,29)/b13-7-,26-19?. The molecule has 2 aromatic carbocycles. The van der Waals surface area contributed by atoms with Crippen LogP contribution >= 0.6 is 11.6 Å². The lowest BCUT2D eigenvalue weighted by atomic mass is 9.92. The Bertz CT molecular complexity index is 1270. The van der Waals surface area contributed by atoms with Crippen molar-refractivity contribution in [2.75, 3.05) is 7.05 Å². The molecule has 0 spiro atoms. The fraction of sp³-hybridized carbons (Fsp3) is 0.100. The highest BCUT2D eigenvalue weighted by Crippen LogP contribution is 2.29. The van der Waals surface area contributed by atoms with Gasteiger partial charge in [0.05, 0.1) is 27.4 Å². The number of nitrogens with two attached hydrogens (primary N) is 2. The van der Waals surface area contributed by atoms with Crippen molar-refractivity contribution in [3.8, 4) is 6.07 Å². The van der Waals surface area contributed by atoms with Gasteiger partial charge in [-0.25, -0.2) is 9.49 Å². The molecule has 0 amide bonds. The number of nitriles is 1. The zero-order valence-corrected chi connectivity index (χ0v) is 16.1. The molecule has 3 rings (SSSR count). The summed E-state index contributed by atoms with van der Waals surface area (Å²) >= 11 is 6.14. The normalized spacial score (nSPS) is 12.2. The molecule has 0 atom stereocenters. The van der Waals surface area contributed by atoms with Crippen LogP contribution in [0, 0.1) is 17.1 Å². The van der Waals surface area contributed by atoms with Gasteiger partial charge in [-0.15, -0.1) is 0 Å². The molecular formula is C20H16ClFN6O. The van der Waals surface area contributed by atoms with Gasteiger partial charge >= 0.3 is 0 Å². The number of aromatic amines is 1. The van der Waals surface area contributed by atoms with Gasteiger partial charge in [0.15, 0.2) is 0 Å². The van der Waals surface area contributed by atoms with Gasteiger partial charge in [-0.1, -0.05) is 23.7 Å². The lowest BCUT2D eigenvalue weighted by molar-refractivity contribution is 0.637. The molecule has 7 nitrogen and oxygen atoms in total. The second-order valence-electron chi connectivity index (χ2n) is 6.01. The molecule has 0 aliphatic rings. The highest BCUT2D eigenvalue weighted by atomic mass is 35.5. The summed E-state index contributed by atoms with van der Waals surface area (Å²) < 4.78 is 14.8. The zero-order valence-electron chi connectivity index (χ0n) is 15.3. The third-order valence-electron chi connectivity index (χ3n) is 4.45. The fourth-order valence-corrected chi connectivity index (χ4v) is 3.36. The van der Waals surface area contributed by atoms with Gasteiger partial charge in [0.25, 0.3) is 5.56 Å². The lowest BCUT2D eigenvalue weighted by Crippen LogP contribution is -2.15. The largest absolute Gasteiger partial charge is 0.404 e. The van der Waals surface area contributed by atoms with Crippen molar-refractivity contribution >= 4 is 33.7 Å². The van der Waals surface area contributed by atoms with Crippen molar-refractivity contribution in [3.05, 3.63) is 80.1 Å². The third kappa shape index (κ3) is 3.49. The summed E-state index contributed by atoms with van der Waals surface area (Å²) in [6.07, 6.45) is 1.26. The number of fused-ring (bicyclic) bond motifs is 1. The van der Waals surface area contributed by atoms with Gasteiger partial charge in [-0.05, 0) is 23.8 Å². The maximum atomic E-state index is 14.8. The SMILES string of the molecule is CN=C(/C(=C\N)c1cc(F)c2c(=O)[nH]nc(CN)c2c1)c1cccc(Cl)c1C#N. The van der Waals surface area contributed by atoms with E-state index >= 15 is 0 Å². The second-order valence-corrected chi connectivity index (χ2v) is 6.42. The number of aliphatic imine (C=N–C) groups is 1. The lowest BCUT2D eigenvalue weighted by Gasteiger charge is -2.14. The van der Waals surface area contributed by atoms with E-state index in [0.29, 0.717) is 28.1 Å². The van der Waals surface area contributed by atoms with E-state index in [1.54, 1.807) is 24.3 Å². The Labute approximate surface area is 170 Å². The molecule has 0 fully saturated rings. The monoisotopic (exact) mass is 410 g/mol. The van der Waals surface area contributed by atoms with Crippen LogP contribution in [0.4, 0.5) is 4.39 Å². The van der Waals surface area contributed by atoms with E-state index in [1.807, 2.05) is 6.07 Å². The number of halogens is 2. The molecule has 29 heavy (non-hydrogen) atoms. The van der Waals surface area contributed by atoms with Crippen LogP contribution in [0.5, 0.6) is 0 Å². The van der Waals surface area contributed by atoms with Crippen LogP contribution in [0.3, 0.4) is 0 Å². The Morgan fingerprint density at radius 3 is 2.83 bits per heavy atom. The number of nitrogens with one attached hydrogen (secondary N) is 1. The second kappa shape index (κ2) is 8.22. The third-order valence-corrected chi connectivity index (χ3v) is 4.77. The number of hydrogen-bond donors (Lipinski definition) is 3. The first kappa shape index (κ1) is 20.2. The van der Waals surface area contributed by atoms with E-state index in [4.69, 9.17) is 23.1 Å². The Kier molecular flexibility index (Phi) is 5.73. The molecule has 0 radical (unpaired) electrons. The summed E-state index contributed by atoms with van der Waals surface area (Å²) in [7, 11) is 1.52. The Hall–Kier alpha value is -3.54. The smallest absolute Gasteiger partial charge is 0.275 e. The zero-order chi connectivity index (χ0) is 21.1. The van der Waals surface area contributed by atoms with Crippen LogP contribution in [0.2, 0.25) is 5.02 Å². The molecule has 0 aliphatic heterocycles. The first-order valence-electron chi connectivity index (χ1n) is 8.46. The van der Waals surface area contributed by atoms with Crippen LogP contribution < -0.4 is 17.0 Å². The molecule has 9 heteroatoms. The summed E-state index contributed by atoms with van der Waals surface area (Å²) in [5, 5.41) is 16.0. The average Bonchev–Trinajstić information content (AvgIpc) is 2.71. The van der Waals surface area contributed by atoms with Crippen LogP contribution in [-0.2, 0) is 6.54 Å². The Balaban J connectivity index is 2.29.